The van der Waals surface area contributed by atoms with Crippen LogP contribution in [0.25, 0.3) is 0 Å². The molecular weight excluding hydrogens is 217 g/mol. The highest BCUT2D eigenvalue weighted by Crippen LogP contribution is 2.32. The van der Waals surface area contributed by atoms with E-state index in [0.29, 0.717) is 5.92 Å². The summed E-state index contributed by atoms with van der Waals surface area (Å²) in [5.74, 6) is 0.316. The number of benzene rings is 1. The van der Waals surface area contributed by atoms with E-state index >= 15 is 0 Å². The Morgan fingerprint density at radius 3 is 2.82 bits per heavy atom. The van der Waals surface area contributed by atoms with Gasteiger partial charge in [-0.3, -0.25) is 0 Å². The van der Waals surface area contributed by atoms with E-state index in [4.69, 9.17) is 10.00 Å². The maximum Gasteiger partial charge on any atom is 0.165 e. The Bertz CT molecular complexity index is 426. The molecule has 1 aromatic carbocycles. The van der Waals surface area contributed by atoms with E-state index in [1.54, 1.807) is 18.2 Å². The number of halogens is 1. The molecule has 0 saturated heterocycles. The van der Waals surface area contributed by atoms with Crippen LogP contribution in [0, 0.1) is 29.0 Å². The Morgan fingerprint density at radius 2 is 2.12 bits per heavy atom. The molecule has 3 unspecified atom stereocenters. The van der Waals surface area contributed by atoms with Crippen LogP contribution in [0.2, 0.25) is 0 Å². The quantitative estimate of drug-likeness (QED) is 0.782. The van der Waals surface area contributed by atoms with Crippen LogP contribution in [-0.4, -0.2) is 6.10 Å². The van der Waals surface area contributed by atoms with Crippen molar-refractivity contribution in [1.82, 2.24) is 0 Å². The first-order valence-electron chi connectivity index (χ1n) is 6.01. The highest BCUT2D eigenvalue weighted by Gasteiger charge is 2.30. The predicted octanol–water partition coefficient (Wildman–Crippen LogP) is 3.53. The Hall–Kier alpha value is -1.56. The molecule has 0 heterocycles. The van der Waals surface area contributed by atoms with Gasteiger partial charge >= 0.3 is 0 Å². The van der Waals surface area contributed by atoms with Gasteiger partial charge in [-0.2, -0.15) is 5.26 Å². The van der Waals surface area contributed by atoms with E-state index in [1.165, 1.54) is 6.07 Å². The number of para-hydroxylation sites is 1. The van der Waals surface area contributed by atoms with E-state index in [-0.39, 0.29) is 23.6 Å². The first-order chi connectivity index (χ1) is 8.20. The molecule has 90 valence electrons. The minimum atomic E-state index is -0.359. The lowest BCUT2D eigenvalue weighted by Crippen LogP contribution is -2.32. The molecule has 1 aromatic rings. The number of rotatable bonds is 2. The summed E-state index contributed by atoms with van der Waals surface area (Å²) in [6, 6.07) is 8.63. The SMILES string of the molecule is CC1CCC(C#N)C(Oc2ccccc2F)C1. The average molecular weight is 233 g/mol. The summed E-state index contributed by atoms with van der Waals surface area (Å²) in [6.45, 7) is 2.14. The molecule has 3 heteroatoms. The maximum atomic E-state index is 13.5. The van der Waals surface area contributed by atoms with Crippen molar-refractivity contribution in [2.45, 2.75) is 32.3 Å². The van der Waals surface area contributed by atoms with Crippen molar-refractivity contribution in [3.8, 4) is 11.8 Å². The van der Waals surface area contributed by atoms with Crippen LogP contribution in [0.4, 0.5) is 4.39 Å². The second kappa shape index (κ2) is 5.18. The third-order valence-corrected chi connectivity index (χ3v) is 3.33. The molecule has 0 amide bonds. The molecule has 0 N–H and O–H groups in total. The third kappa shape index (κ3) is 2.76. The van der Waals surface area contributed by atoms with Crippen molar-refractivity contribution in [2.24, 2.45) is 11.8 Å². The summed E-state index contributed by atoms with van der Waals surface area (Å²) in [6.07, 6.45) is 2.54. The van der Waals surface area contributed by atoms with E-state index in [2.05, 4.69) is 13.0 Å². The zero-order chi connectivity index (χ0) is 12.3. The summed E-state index contributed by atoms with van der Waals surface area (Å²) in [7, 11) is 0. The van der Waals surface area contributed by atoms with Crippen molar-refractivity contribution in [2.75, 3.05) is 0 Å². The van der Waals surface area contributed by atoms with Gasteiger partial charge in [0.15, 0.2) is 11.6 Å². The van der Waals surface area contributed by atoms with Gasteiger partial charge in [0.2, 0.25) is 0 Å². The Balaban J connectivity index is 2.11. The normalized spacial score (nSPS) is 28.4. The maximum absolute atomic E-state index is 13.5. The first-order valence-corrected chi connectivity index (χ1v) is 6.01. The number of nitriles is 1. The number of nitrogens with zero attached hydrogens (tertiary/aromatic N) is 1. The molecule has 0 bridgehead atoms. The van der Waals surface area contributed by atoms with Gasteiger partial charge in [0.1, 0.15) is 6.10 Å². The predicted molar refractivity (Wildman–Crippen MR) is 62.9 cm³/mol. The second-order valence-corrected chi connectivity index (χ2v) is 4.74. The number of hydrogen-bond donors (Lipinski definition) is 0. The molecule has 0 spiro atoms. The van der Waals surface area contributed by atoms with Crippen LogP contribution in [-0.2, 0) is 0 Å². The molecule has 3 atom stereocenters. The van der Waals surface area contributed by atoms with Gasteiger partial charge in [-0.15, -0.1) is 0 Å². The van der Waals surface area contributed by atoms with Gasteiger partial charge in [-0.1, -0.05) is 19.1 Å². The average Bonchev–Trinajstić information content (AvgIpc) is 2.32. The molecule has 2 rings (SSSR count). The molecule has 17 heavy (non-hydrogen) atoms. The molecule has 0 aliphatic heterocycles. The first kappa shape index (κ1) is 11.9. The molecule has 1 aliphatic rings. The topological polar surface area (TPSA) is 33.0 Å². The van der Waals surface area contributed by atoms with Crippen LogP contribution in [0.1, 0.15) is 26.2 Å². The minimum absolute atomic E-state index is 0.120. The largest absolute Gasteiger partial charge is 0.486 e. The summed E-state index contributed by atoms with van der Waals surface area (Å²) in [5, 5.41) is 9.07. The summed E-state index contributed by atoms with van der Waals surface area (Å²) < 4.78 is 19.1. The Kier molecular flexibility index (Phi) is 3.63. The van der Waals surface area contributed by atoms with Crippen LogP contribution < -0.4 is 4.74 Å². The fourth-order valence-electron chi connectivity index (χ4n) is 2.31. The standard InChI is InChI=1S/C14H16FNO/c1-10-6-7-11(9-16)14(8-10)17-13-5-3-2-4-12(13)15/h2-5,10-11,14H,6-8H2,1H3. The highest BCUT2D eigenvalue weighted by molar-refractivity contribution is 5.24. The van der Waals surface area contributed by atoms with Crippen LogP contribution >= 0.6 is 0 Å². The zero-order valence-corrected chi connectivity index (χ0v) is 9.90. The van der Waals surface area contributed by atoms with Gasteiger partial charge < -0.3 is 4.74 Å². The lowest BCUT2D eigenvalue weighted by molar-refractivity contribution is 0.0915. The van der Waals surface area contributed by atoms with Crippen molar-refractivity contribution in [3.05, 3.63) is 30.1 Å². The molecular formula is C14H16FNO. The van der Waals surface area contributed by atoms with E-state index in [1.807, 2.05) is 0 Å². The van der Waals surface area contributed by atoms with E-state index in [0.717, 1.165) is 19.3 Å². The lowest BCUT2D eigenvalue weighted by atomic mass is 9.81. The van der Waals surface area contributed by atoms with Gasteiger partial charge in [0, 0.05) is 0 Å². The van der Waals surface area contributed by atoms with Crippen LogP contribution in [0.5, 0.6) is 5.75 Å². The van der Waals surface area contributed by atoms with Crippen molar-refractivity contribution >= 4 is 0 Å². The van der Waals surface area contributed by atoms with E-state index in [9.17, 15) is 4.39 Å². The fourth-order valence-corrected chi connectivity index (χ4v) is 2.31. The monoisotopic (exact) mass is 233 g/mol. The molecule has 0 aromatic heterocycles. The van der Waals surface area contributed by atoms with Gasteiger partial charge in [-0.05, 0) is 37.3 Å². The molecule has 0 radical (unpaired) electrons. The molecule has 1 aliphatic carbocycles. The number of hydrogen-bond acceptors (Lipinski definition) is 2. The van der Waals surface area contributed by atoms with Gasteiger partial charge in [0.25, 0.3) is 0 Å². The molecule has 1 fully saturated rings. The Labute approximate surface area is 101 Å². The number of ether oxygens (including phenoxy) is 1. The minimum Gasteiger partial charge on any atom is -0.486 e. The smallest absolute Gasteiger partial charge is 0.165 e. The van der Waals surface area contributed by atoms with Crippen molar-refractivity contribution < 1.29 is 9.13 Å². The van der Waals surface area contributed by atoms with E-state index < -0.39 is 0 Å². The summed E-state index contributed by atoms with van der Waals surface area (Å²) in [4.78, 5) is 0. The summed E-state index contributed by atoms with van der Waals surface area (Å²) >= 11 is 0. The Morgan fingerprint density at radius 1 is 1.35 bits per heavy atom. The van der Waals surface area contributed by atoms with Gasteiger partial charge in [-0.25, -0.2) is 4.39 Å². The third-order valence-electron chi connectivity index (χ3n) is 3.33. The summed E-state index contributed by atoms with van der Waals surface area (Å²) in [5.41, 5.74) is 0. The van der Waals surface area contributed by atoms with Crippen molar-refractivity contribution in [3.63, 3.8) is 0 Å². The van der Waals surface area contributed by atoms with Crippen molar-refractivity contribution in [1.29, 1.82) is 5.26 Å². The zero-order valence-electron chi connectivity index (χ0n) is 9.90. The lowest BCUT2D eigenvalue weighted by Gasteiger charge is -2.31. The fraction of sp³-hybridized carbons (Fsp3) is 0.500. The van der Waals surface area contributed by atoms with Gasteiger partial charge in [0.05, 0.1) is 12.0 Å². The molecule has 2 nitrogen and oxygen atoms in total. The second-order valence-electron chi connectivity index (χ2n) is 4.74. The van der Waals surface area contributed by atoms with Crippen LogP contribution in [0.15, 0.2) is 24.3 Å². The highest BCUT2D eigenvalue weighted by atomic mass is 19.1. The molecule has 1 saturated carbocycles. The van der Waals surface area contributed by atoms with Crippen LogP contribution in [0.3, 0.4) is 0 Å².